The summed E-state index contributed by atoms with van der Waals surface area (Å²) in [6.45, 7) is 6.92. The van der Waals surface area contributed by atoms with E-state index in [2.05, 4.69) is 21.0 Å². The molecule has 2 amide bonds. The second-order valence-corrected chi connectivity index (χ2v) is 11.7. The van der Waals surface area contributed by atoms with Gasteiger partial charge in [0.1, 0.15) is 0 Å². The van der Waals surface area contributed by atoms with Crippen LogP contribution >= 0.6 is 27.3 Å². The molecular weight excluding hydrogens is 596 g/mol. The lowest BCUT2D eigenvalue weighted by atomic mass is 10.0. The van der Waals surface area contributed by atoms with Crippen molar-refractivity contribution in [2.45, 2.75) is 32.7 Å². The van der Waals surface area contributed by atoms with Gasteiger partial charge in [-0.05, 0) is 31.0 Å². The number of rotatable bonds is 6. The first-order valence-corrected chi connectivity index (χ1v) is 14.5. The fourth-order valence-corrected chi connectivity index (χ4v) is 5.94. The van der Waals surface area contributed by atoms with Crippen molar-refractivity contribution in [2.24, 2.45) is 0 Å². The van der Waals surface area contributed by atoms with Gasteiger partial charge in [-0.15, -0.1) is 11.3 Å². The molecule has 1 atom stereocenters. The van der Waals surface area contributed by atoms with Gasteiger partial charge in [-0.3, -0.25) is 19.7 Å². The molecule has 0 spiro atoms. The highest BCUT2D eigenvalue weighted by molar-refractivity contribution is 9.10. The maximum absolute atomic E-state index is 13.7. The number of carbonyl (C=O) groups is 2. The van der Waals surface area contributed by atoms with E-state index in [0.29, 0.717) is 30.3 Å². The zero-order valence-electron chi connectivity index (χ0n) is 22.2. The van der Waals surface area contributed by atoms with Crippen molar-refractivity contribution in [3.8, 4) is 16.4 Å². The molecule has 0 N–H and O–H groups in total. The maximum atomic E-state index is 13.7. The summed E-state index contributed by atoms with van der Waals surface area (Å²) >= 11 is 4.92. The molecule has 1 unspecified atom stereocenters. The van der Waals surface area contributed by atoms with Crippen LogP contribution in [0.2, 0.25) is 0 Å². The summed E-state index contributed by atoms with van der Waals surface area (Å²) in [5.41, 5.74) is 3.26. The molecule has 0 aliphatic carbocycles. The number of nitro groups is 1. The van der Waals surface area contributed by atoms with Gasteiger partial charge in [0, 0.05) is 58.8 Å². The number of thiazole rings is 1. The van der Waals surface area contributed by atoms with Crippen LogP contribution in [0.3, 0.4) is 0 Å². The van der Waals surface area contributed by atoms with E-state index in [1.807, 2.05) is 50.4 Å². The number of piperazine rings is 1. The van der Waals surface area contributed by atoms with Crippen LogP contribution in [0.4, 0.5) is 5.69 Å². The summed E-state index contributed by atoms with van der Waals surface area (Å²) in [4.78, 5) is 45.7. The van der Waals surface area contributed by atoms with E-state index in [-0.39, 0.29) is 35.0 Å². The number of nitro benzene ring substituents is 1. The summed E-state index contributed by atoms with van der Waals surface area (Å²) in [6.07, 6.45) is 1.60. The Morgan fingerprint density at radius 3 is 2.55 bits per heavy atom. The highest BCUT2D eigenvalue weighted by Gasteiger charge is 2.33. The molecule has 1 fully saturated rings. The van der Waals surface area contributed by atoms with E-state index in [9.17, 15) is 19.7 Å². The predicted molar refractivity (Wildman–Crippen MR) is 156 cm³/mol. The number of hydrogen-bond donors (Lipinski definition) is 0. The molecule has 0 bridgehead atoms. The SMILES string of the molecule is CC(C)c1c(C(=O)N2CCN(C(=O)c3cccc([N+](=O)[O-])c3)C(C)C2)cnn1-c1nc(-c2ccc(Br)cc2)cs1. The van der Waals surface area contributed by atoms with Gasteiger partial charge in [0.05, 0.1) is 28.1 Å². The molecule has 4 aromatic rings. The molecule has 10 nitrogen and oxygen atoms in total. The topological polar surface area (TPSA) is 114 Å². The third-order valence-electron chi connectivity index (χ3n) is 6.88. The Balaban J connectivity index is 1.34. The van der Waals surface area contributed by atoms with Crippen molar-refractivity contribution in [3.05, 3.63) is 91.5 Å². The molecule has 1 aliphatic rings. The normalized spacial score (nSPS) is 15.5. The summed E-state index contributed by atoms with van der Waals surface area (Å²) in [5, 5.41) is 18.4. The number of hydrogen-bond acceptors (Lipinski definition) is 7. The smallest absolute Gasteiger partial charge is 0.270 e. The average molecular weight is 624 g/mol. The van der Waals surface area contributed by atoms with Crippen molar-refractivity contribution in [2.75, 3.05) is 19.6 Å². The lowest BCUT2D eigenvalue weighted by Crippen LogP contribution is -2.55. The molecular formula is C28H27BrN6O4S. The summed E-state index contributed by atoms with van der Waals surface area (Å²) in [6, 6.07) is 13.4. The molecule has 5 rings (SSSR count). The standard InChI is InChI=1S/C28H27BrN6O4S/c1-17(2)25-23(14-30-34(25)28-31-24(16-40-28)19-7-9-21(29)10-8-19)27(37)32-11-12-33(18(3)15-32)26(36)20-5-4-6-22(13-20)35(38)39/h4-10,13-14,16-18H,11-12,15H2,1-3H3. The van der Waals surface area contributed by atoms with Crippen molar-refractivity contribution in [1.29, 1.82) is 0 Å². The van der Waals surface area contributed by atoms with Gasteiger partial charge < -0.3 is 9.80 Å². The third-order valence-corrected chi connectivity index (χ3v) is 8.22. The van der Waals surface area contributed by atoms with Crippen LogP contribution in [0, 0.1) is 10.1 Å². The van der Waals surface area contributed by atoms with Gasteiger partial charge >= 0.3 is 0 Å². The van der Waals surface area contributed by atoms with Crippen molar-refractivity contribution >= 4 is 44.8 Å². The lowest BCUT2D eigenvalue weighted by molar-refractivity contribution is -0.384. The number of benzene rings is 2. The second-order valence-electron chi connectivity index (χ2n) is 9.94. The number of nitrogens with zero attached hydrogens (tertiary/aromatic N) is 6. The Bertz CT molecular complexity index is 1580. The minimum atomic E-state index is -0.517. The lowest BCUT2D eigenvalue weighted by Gasteiger charge is -2.40. The first-order chi connectivity index (χ1) is 19.1. The second kappa shape index (κ2) is 11.3. The van der Waals surface area contributed by atoms with Crippen molar-refractivity contribution in [1.82, 2.24) is 24.6 Å². The first kappa shape index (κ1) is 27.7. The maximum Gasteiger partial charge on any atom is 0.270 e. The van der Waals surface area contributed by atoms with Crippen LogP contribution in [0.5, 0.6) is 0 Å². The van der Waals surface area contributed by atoms with Crippen LogP contribution in [0.15, 0.2) is 64.6 Å². The average Bonchev–Trinajstić information content (AvgIpc) is 3.60. The monoisotopic (exact) mass is 622 g/mol. The van der Waals surface area contributed by atoms with Gasteiger partial charge in [0.2, 0.25) is 5.13 Å². The molecule has 1 saturated heterocycles. The quantitative estimate of drug-likeness (QED) is 0.199. The Hall–Kier alpha value is -3.90. The van der Waals surface area contributed by atoms with Crippen molar-refractivity contribution in [3.63, 3.8) is 0 Å². The van der Waals surface area contributed by atoms with Gasteiger partial charge in [-0.25, -0.2) is 9.67 Å². The van der Waals surface area contributed by atoms with Gasteiger partial charge in [0.15, 0.2) is 0 Å². The van der Waals surface area contributed by atoms with Gasteiger partial charge in [-0.1, -0.05) is 48.0 Å². The fraction of sp³-hybridized carbons (Fsp3) is 0.286. The minimum Gasteiger partial charge on any atom is -0.335 e. The van der Waals surface area contributed by atoms with Crippen LogP contribution < -0.4 is 0 Å². The predicted octanol–water partition coefficient (Wildman–Crippen LogP) is 5.78. The van der Waals surface area contributed by atoms with Crippen LogP contribution in [0.25, 0.3) is 16.4 Å². The first-order valence-electron chi connectivity index (χ1n) is 12.8. The zero-order chi connectivity index (χ0) is 28.6. The molecule has 1 aliphatic heterocycles. The van der Waals surface area contributed by atoms with Crippen LogP contribution in [-0.2, 0) is 0 Å². The van der Waals surface area contributed by atoms with Gasteiger partial charge in [-0.2, -0.15) is 5.10 Å². The van der Waals surface area contributed by atoms with Crippen LogP contribution in [-0.4, -0.2) is 67.0 Å². The van der Waals surface area contributed by atoms with Crippen LogP contribution in [0.1, 0.15) is 53.1 Å². The molecule has 12 heteroatoms. The number of carbonyl (C=O) groups excluding carboxylic acids is 2. The van der Waals surface area contributed by atoms with Gasteiger partial charge in [0.25, 0.3) is 17.5 Å². The Morgan fingerprint density at radius 2 is 1.88 bits per heavy atom. The third kappa shape index (κ3) is 5.41. The fourth-order valence-electron chi connectivity index (χ4n) is 4.88. The zero-order valence-corrected chi connectivity index (χ0v) is 24.6. The molecule has 0 radical (unpaired) electrons. The van der Waals surface area contributed by atoms with E-state index in [4.69, 9.17) is 4.98 Å². The summed E-state index contributed by atoms with van der Waals surface area (Å²) in [5.74, 6) is -0.422. The van der Waals surface area contributed by atoms with E-state index in [0.717, 1.165) is 21.4 Å². The summed E-state index contributed by atoms with van der Waals surface area (Å²) in [7, 11) is 0. The van der Waals surface area contributed by atoms with E-state index >= 15 is 0 Å². The Morgan fingerprint density at radius 1 is 1.12 bits per heavy atom. The molecule has 40 heavy (non-hydrogen) atoms. The highest BCUT2D eigenvalue weighted by atomic mass is 79.9. The largest absolute Gasteiger partial charge is 0.335 e. The number of amides is 2. The van der Waals surface area contributed by atoms with E-state index in [1.54, 1.807) is 26.7 Å². The molecule has 2 aromatic heterocycles. The number of halogens is 1. The molecule has 2 aromatic carbocycles. The van der Waals surface area contributed by atoms with E-state index in [1.165, 1.54) is 29.5 Å². The summed E-state index contributed by atoms with van der Waals surface area (Å²) < 4.78 is 2.74. The highest BCUT2D eigenvalue weighted by Crippen LogP contribution is 2.30. The molecule has 206 valence electrons. The molecule has 3 heterocycles. The van der Waals surface area contributed by atoms with Crippen molar-refractivity contribution < 1.29 is 14.5 Å². The minimum absolute atomic E-state index is 0.00985. The number of non-ortho nitro benzene ring substituents is 1. The Kier molecular flexibility index (Phi) is 7.81. The Labute approximate surface area is 243 Å². The molecule has 0 saturated carbocycles. The van der Waals surface area contributed by atoms with E-state index < -0.39 is 4.92 Å². The number of aromatic nitrogens is 3.